The molecular weight excluding hydrogens is 250 g/mol. The number of methoxy groups -OCH3 is 2. The highest BCUT2D eigenvalue weighted by atomic mass is 32.2. The summed E-state index contributed by atoms with van der Waals surface area (Å²) in [6, 6.07) is 5.51. The summed E-state index contributed by atoms with van der Waals surface area (Å²) in [4.78, 5) is 12.3. The van der Waals surface area contributed by atoms with E-state index >= 15 is 0 Å². The van der Waals surface area contributed by atoms with Gasteiger partial charge in [0.1, 0.15) is 0 Å². The minimum atomic E-state index is -0.0901. The number of benzene rings is 1. The molecule has 0 heterocycles. The van der Waals surface area contributed by atoms with E-state index in [1.165, 1.54) is 11.8 Å². The molecule has 0 spiro atoms. The molecule has 0 saturated carbocycles. The van der Waals surface area contributed by atoms with Gasteiger partial charge in [0.05, 0.1) is 26.5 Å². The Morgan fingerprint density at radius 1 is 1.39 bits per heavy atom. The zero-order valence-electron chi connectivity index (χ0n) is 10.4. The molecular formula is C13H15NO3S. The normalized spacial score (nSPS) is 9.39. The van der Waals surface area contributed by atoms with E-state index in [4.69, 9.17) is 15.9 Å². The van der Waals surface area contributed by atoms with Crippen molar-refractivity contribution >= 4 is 17.7 Å². The minimum absolute atomic E-state index is 0.0901. The highest BCUT2D eigenvalue weighted by Gasteiger charge is 2.06. The lowest BCUT2D eigenvalue weighted by Gasteiger charge is -2.09. The van der Waals surface area contributed by atoms with E-state index in [1.54, 1.807) is 20.3 Å². The monoisotopic (exact) mass is 265 g/mol. The van der Waals surface area contributed by atoms with Crippen molar-refractivity contribution in [2.75, 3.05) is 26.5 Å². The number of hydrogen-bond donors (Lipinski definition) is 1. The van der Waals surface area contributed by atoms with Gasteiger partial charge in [-0.1, -0.05) is 5.92 Å². The van der Waals surface area contributed by atoms with Crippen LogP contribution in [-0.4, -0.2) is 32.4 Å². The van der Waals surface area contributed by atoms with Crippen LogP contribution in [0.4, 0.5) is 0 Å². The first-order valence-corrected chi connectivity index (χ1v) is 6.24. The van der Waals surface area contributed by atoms with Crippen molar-refractivity contribution in [3.05, 3.63) is 18.2 Å². The smallest absolute Gasteiger partial charge is 0.231 e. The number of rotatable bonds is 6. The molecule has 0 aliphatic rings. The molecule has 0 aliphatic carbocycles. The average Bonchev–Trinajstić information content (AvgIpc) is 2.42. The Kier molecular flexibility index (Phi) is 5.95. The summed E-state index contributed by atoms with van der Waals surface area (Å²) in [5.41, 5.74) is 0. The lowest BCUT2D eigenvalue weighted by atomic mass is 10.3. The molecule has 96 valence electrons. The highest BCUT2D eigenvalue weighted by molar-refractivity contribution is 8.00. The summed E-state index contributed by atoms with van der Waals surface area (Å²) in [6.45, 7) is 0.255. The fourth-order valence-corrected chi connectivity index (χ4v) is 2.01. The SMILES string of the molecule is C#CCNC(=O)CSc1ccc(OC)c(OC)c1. The summed E-state index contributed by atoms with van der Waals surface area (Å²) in [6.07, 6.45) is 5.05. The van der Waals surface area contributed by atoms with Gasteiger partial charge in [-0.25, -0.2) is 0 Å². The van der Waals surface area contributed by atoms with Gasteiger partial charge in [-0.2, -0.15) is 0 Å². The standard InChI is InChI=1S/C13H15NO3S/c1-4-7-14-13(15)9-18-10-5-6-11(16-2)12(8-10)17-3/h1,5-6,8H,7,9H2,2-3H3,(H,14,15). The maximum Gasteiger partial charge on any atom is 0.231 e. The maximum atomic E-state index is 11.4. The van der Waals surface area contributed by atoms with Gasteiger partial charge >= 0.3 is 0 Å². The van der Waals surface area contributed by atoms with Gasteiger partial charge in [0.15, 0.2) is 11.5 Å². The number of thioether (sulfide) groups is 1. The molecule has 1 amide bonds. The van der Waals surface area contributed by atoms with Crippen LogP contribution in [-0.2, 0) is 4.79 Å². The fraction of sp³-hybridized carbons (Fsp3) is 0.308. The number of amides is 1. The summed E-state index contributed by atoms with van der Waals surface area (Å²) in [5, 5.41) is 2.60. The van der Waals surface area contributed by atoms with Crippen molar-refractivity contribution in [1.29, 1.82) is 0 Å². The molecule has 0 aromatic heterocycles. The number of carbonyl (C=O) groups is 1. The van der Waals surface area contributed by atoms with Crippen LogP contribution in [0.3, 0.4) is 0 Å². The number of terminal acetylenes is 1. The van der Waals surface area contributed by atoms with E-state index in [-0.39, 0.29) is 12.5 Å². The molecule has 1 N–H and O–H groups in total. The Labute approximate surface area is 111 Å². The van der Waals surface area contributed by atoms with E-state index in [1.807, 2.05) is 12.1 Å². The second-order valence-corrected chi connectivity index (χ2v) is 4.34. The van der Waals surface area contributed by atoms with Gasteiger partial charge in [-0.3, -0.25) is 4.79 Å². The first-order chi connectivity index (χ1) is 8.71. The molecule has 4 nitrogen and oxygen atoms in total. The van der Waals surface area contributed by atoms with Crippen molar-refractivity contribution in [2.24, 2.45) is 0 Å². The van der Waals surface area contributed by atoms with E-state index in [2.05, 4.69) is 11.2 Å². The zero-order valence-corrected chi connectivity index (χ0v) is 11.2. The lowest BCUT2D eigenvalue weighted by Crippen LogP contribution is -2.25. The Morgan fingerprint density at radius 3 is 2.72 bits per heavy atom. The molecule has 1 rings (SSSR count). The largest absolute Gasteiger partial charge is 0.493 e. The van der Waals surface area contributed by atoms with Crippen LogP contribution in [0, 0.1) is 12.3 Å². The maximum absolute atomic E-state index is 11.4. The van der Waals surface area contributed by atoms with Crippen molar-refractivity contribution in [1.82, 2.24) is 5.32 Å². The lowest BCUT2D eigenvalue weighted by molar-refractivity contribution is -0.118. The van der Waals surface area contributed by atoms with Gasteiger partial charge < -0.3 is 14.8 Å². The van der Waals surface area contributed by atoms with Crippen LogP contribution < -0.4 is 14.8 Å². The Bertz CT molecular complexity index is 454. The summed E-state index contributed by atoms with van der Waals surface area (Å²) in [7, 11) is 3.16. The third kappa shape index (κ3) is 4.22. The fourth-order valence-electron chi connectivity index (χ4n) is 1.26. The molecule has 5 heteroatoms. The van der Waals surface area contributed by atoms with Crippen LogP contribution in [0.2, 0.25) is 0 Å². The Balaban J connectivity index is 2.58. The third-order valence-electron chi connectivity index (χ3n) is 2.11. The van der Waals surface area contributed by atoms with Gasteiger partial charge in [0.2, 0.25) is 5.91 Å². The number of nitrogens with one attached hydrogen (secondary N) is 1. The van der Waals surface area contributed by atoms with Crippen molar-refractivity contribution in [3.8, 4) is 23.8 Å². The summed E-state index contributed by atoms with van der Waals surface area (Å²) in [5.74, 6) is 3.89. The summed E-state index contributed by atoms with van der Waals surface area (Å²) >= 11 is 1.41. The molecule has 0 fully saturated rings. The first-order valence-electron chi connectivity index (χ1n) is 5.26. The molecule has 1 aromatic rings. The first kappa shape index (κ1) is 14.3. The van der Waals surface area contributed by atoms with Gasteiger partial charge in [0, 0.05) is 4.90 Å². The average molecular weight is 265 g/mol. The van der Waals surface area contributed by atoms with Crippen molar-refractivity contribution in [3.63, 3.8) is 0 Å². The van der Waals surface area contributed by atoms with Crippen molar-refractivity contribution in [2.45, 2.75) is 4.90 Å². The van der Waals surface area contributed by atoms with Crippen molar-refractivity contribution < 1.29 is 14.3 Å². The second-order valence-electron chi connectivity index (χ2n) is 3.29. The second kappa shape index (κ2) is 7.51. The summed E-state index contributed by atoms with van der Waals surface area (Å²) < 4.78 is 10.3. The zero-order chi connectivity index (χ0) is 13.4. The molecule has 0 aliphatic heterocycles. The van der Waals surface area contributed by atoms with Gasteiger partial charge in [-0.05, 0) is 18.2 Å². The van der Waals surface area contributed by atoms with E-state index in [0.29, 0.717) is 17.3 Å². The number of ether oxygens (including phenoxy) is 2. The Hall–Kier alpha value is -1.80. The molecule has 0 atom stereocenters. The van der Waals surface area contributed by atoms with Gasteiger partial charge in [0.25, 0.3) is 0 Å². The molecule has 0 radical (unpaired) electrons. The predicted octanol–water partition coefficient (Wildman–Crippen LogP) is 1.55. The highest BCUT2D eigenvalue weighted by Crippen LogP contribution is 2.31. The molecule has 0 saturated heterocycles. The van der Waals surface area contributed by atoms with E-state index in [9.17, 15) is 4.79 Å². The van der Waals surface area contributed by atoms with E-state index < -0.39 is 0 Å². The van der Waals surface area contributed by atoms with Crippen LogP contribution in [0.5, 0.6) is 11.5 Å². The molecule has 0 unspecified atom stereocenters. The quantitative estimate of drug-likeness (QED) is 0.626. The topological polar surface area (TPSA) is 47.6 Å². The van der Waals surface area contributed by atoms with E-state index in [0.717, 1.165) is 4.90 Å². The minimum Gasteiger partial charge on any atom is -0.493 e. The van der Waals surface area contributed by atoms with Gasteiger partial charge in [-0.15, -0.1) is 18.2 Å². The van der Waals surface area contributed by atoms with Crippen LogP contribution in [0.25, 0.3) is 0 Å². The number of carbonyl (C=O) groups excluding carboxylic acids is 1. The molecule has 0 bridgehead atoms. The van der Waals surface area contributed by atoms with Crippen LogP contribution >= 0.6 is 11.8 Å². The predicted molar refractivity (Wildman–Crippen MR) is 72.1 cm³/mol. The third-order valence-corrected chi connectivity index (χ3v) is 3.11. The van der Waals surface area contributed by atoms with Crippen LogP contribution in [0.15, 0.2) is 23.1 Å². The molecule has 18 heavy (non-hydrogen) atoms. The van der Waals surface area contributed by atoms with Crippen LogP contribution in [0.1, 0.15) is 0 Å². The molecule has 1 aromatic carbocycles. The Morgan fingerprint density at radius 2 is 2.11 bits per heavy atom. The number of hydrogen-bond acceptors (Lipinski definition) is 4.